The number of sulfonamides is 1. The van der Waals surface area contributed by atoms with Crippen LogP contribution in [0, 0.1) is 13.8 Å². The third-order valence-electron chi connectivity index (χ3n) is 5.87. The van der Waals surface area contributed by atoms with Gasteiger partial charge in [-0.1, -0.05) is 23.8 Å². The first-order valence-corrected chi connectivity index (χ1v) is 12.5. The Morgan fingerprint density at radius 3 is 2.41 bits per heavy atom. The summed E-state index contributed by atoms with van der Waals surface area (Å²) in [5.41, 5.74) is 3.56. The molecular formula is C23H29N3O5S. The molecule has 0 unspecified atom stereocenters. The van der Waals surface area contributed by atoms with E-state index >= 15 is 0 Å². The summed E-state index contributed by atoms with van der Waals surface area (Å²) in [6.45, 7) is 7.22. The number of anilines is 1. The fourth-order valence-electron chi connectivity index (χ4n) is 4.14. The molecule has 2 aromatic rings. The van der Waals surface area contributed by atoms with Crippen LogP contribution in [0.15, 0.2) is 36.4 Å². The van der Waals surface area contributed by atoms with Crippen LogP contribution in [0.1, 0.15) is 16.7 Å². The normalized spacial score (nSPS) is 16.3. The van der Waals surface area contributed by atoms with Gasteiger partial charge in [-0.15, -0.1) is 0 Å². The van der Waals surface area contributed by atoms with Gasteiger partial charge < -0.3 is 14.4 Å². The lowest BCUT2D eigenvalue weighted by atomic mass is 10.1. The molecule has 172 valence electrons. The first-order valence-electron chi connectivity index (χ1n) is 10.6. The number of ether oxygens (including phenoxy) is 2. The Hall–Kier alpha value is -2.78. The standard InChI is InChI=1S/C23H29N3O5S/c1-17-4-6-20(18(2)12-17)26(32(3,28)29)15-23(27)25-10-8-24(9-11-25)14-19-5-7-21-22(13-19)31-16-30-21/h4-7,12-13H,8-11,14-16H2,1-3H3. The minimum Gasteiger partial charge on any atom is -0.454 e. The lowest BCUT2D eigenvalue weighted by Gasteiger charge is -2.36. The summed E-state index contributed by atoms with van der Waals surface area (Å²) in [6.07, 6.45) is 1.14. The largest absolute Gasteiger partial charge is 0.454 e. The molecule has 8 nitrogen and oxygen atoms in total. The summed E-state index contributed by atoms with van der Waals surface area (Å²) in [4.78, 5) is 17.0. The summed E-state index contributed by atoms with van der Waals surface area (Å²) in [5.74, 6) is 1.35. The van der Waals surface area contributed by atoms with Crippen molar-refractivity contribution in [1.29, 1.82) is 0 Å². The van der Waals surface area contributed by atoms with Crippen LogP contribution in [-0.4, -0.2) is 69.9 Å². The highest BCUT2D eigenvalue weighted by molar-refractivity contribution is 7.92. The van der Waals surface area contributed by atoms with Crippen LogP contribution >= 0.6 is 0 Å². The Morgan fingerprint density at radius 2 is 1.72 bits per heavy atom. The molecule has 2 aliphatic heterocycles. The van der Waals surface area contributed by atoms with Crippen molar-refractivity contribution in [3.8, 4) is 11.5 Å². The average molecular weight is 460 g/mol. The van der Waals surface area contributed by atoms with E-state index in [1.807, 2.05) is 44.2 Å². The van der Waals surface area contributed by atoms with Crippen LogP contribution in [0.25, 0.3) is 0 Å². The predicted molar refractivity (Wildman–Crippen MR) is 123 cm³/mol. The number of hydrogen-bond acceptors (Lipinski definition) is 6. The van der Waals surface area contributed by atoms with E-state index in [1.54, 1.807) is 11.0 Å². The molecule has 1 amide bonds. The fourth-order valence-corrected chi connectivity index (χ4v) is 5.05. The van der Waals surface area contributed by atoms with Gasteiger partial charge in [0, 0.05) is 32.7 Å². The molecule has 0 atom stereocenters. The number of hydrogen-bond donors (Lipinski definition) is 0. The smallest absolute Gasteiger partial charge is 0.243 e. The molecule has 0 aliphatic carbocycles. The molecule has 0 aromatic heterocycles. The van der Waals surface area contributed by atoms with Crippen LogP contribution in [-0.2, 0) is 21.4 Å². The number of carbonyl (C=O) groups is 1. The van der Waals surface area contributed by atoms with Crippen LogP contribution in [0.2, 0.25) is 0 Å². The molecule has 0 radical (unpaired) electrons. The molecule has 9 heteroatoms. The minimum absolute atomic E-state index is 0.182. The SMILES string of the molecule is Cc1ccc(N(CC(=O)N2CCN(Cc3ccc4c(c3)OCO4)CC2)S(C)(=O)=O)c(C)c1. The number of amides is 1. The Kier molecular flexibility index (Phi) is 6.30. The zero-order chi connectivity index (χ0) is 22.9. The van der Waals surface area contributed by atoms with Gasteiger partial charge >= 0.3 is 0 Å². The Morgan fingerprint density at radius 1 is 1.00 bits per heavy atom. The molecule has 2 heterocycles. The van der Waals surface area contributed by atoms with Gasteiger partial charge in [0.15, 0.2) is 11.5 Å². The number of benzene rings is 2. The first kappa shape index (κ1) is 22.4. The van der Waals surface area contributed by atoms with E-state index in [-0.39, 0.29) is 19.2 Å². The van der Waals surface area contributed by atoms with Crippen molar-refractivity contribution < 1.29 is 22.7 Å². The lowest BCUT2D eigenvalue weighted by molar-refractivity contribution is -0.131. The number of carbonyl (C=O) groups excluding carboxylic acids is 1. The number of rotatable bonds is 6. The van der Waals surface area contributed by atoms with Crippen LogP contribution in [0.4, 0.5) is 5.69 Å². The summed E-state index contributed by atoms with van der Waals surface area (Å²) in [6, 6.07) is 11.5. The second kappa shape index (κ2) is 8.99. The number of fused-ring (bicyclic) bond motifs is 1. The maximum absolute atomic E-state index is 13.0. The first-order chi connectivity index (χ1) is 15.2. The van der Waals surface area contributed by atoms with Crippen LogP contribution in [0.5, 0.6) is 11.5 Å². The highest BCUT2D eigenvalue weighted by Crippen LogP contribution is 2.33. The molecular weight excluding hydrogens is 430 g/mol. The van der Waals surface area contributed by atoms with Gasteiger partial charge in [0.2, 0.25) is 22.7 Å². The molecule has 1 fully saturated rings. The number of aryl methyl sites for hydroxylation is 2. The van der Waals surface area contributed by atoms with Crippen molar-refractivity contribution in [3.63, 3.8) is 0 Å². The summed E-state index contributed by atoms with van der Waals surface area (Å²) in [5, 5.41) is 0. The Bertz CT molecular complexity index is 1110. The molecule has 2 aromatic carbocycles. The maximum atomic E-state index is 13.0. The third kappa shape index (κ3) is 4.99. The van der Waals surface area contributed by atoms with Crippen LogP contribution < -0.4 is 13.8 Å². The van der Waals surface area contributed by atoms with Crippen molar-refractivity contribution in [2.45, 2.75) is 20.4 Å². The van der Waals surface area contributed by atoms with Gasteiger partial charge in [-0.2, -0.15) is 0 Å². The Labute approximate surface area is 189 Å². The van der Waals surface area contributed by atoms with Crippen LogP contribution in [0.3, 0.4) is 0 Å². The zero-order valence-corrected chi connectivity index (χ0v) is 19.5. The van der Waals surface area contributed by atoms with E-state index in [0.29, 0.717) is 18.8 Å². The van der Waals surface area contributed by atoms with Gasteiger partial charge in [0.05, 0.1) is 11.9 Å². The summed E-state index contributed by atoms with van der Waals surface area (Å²) >= 11 is 0. The van der Waals surface area contributed by atoms with Crippen molar-refractivity contribution in [3.05, 3.63) is 53.1 Å². The predicted octanol–water partition coefficient (Wildman–Crippen LogP) is 2.14. The van der Waals surface area contributed by atoms with Crippen molar-refractivity contribution in [2.75, 3.05) is 50.1 Å². The Balaban J connectivity index is 1.37. The second-order valence-electron chi connectivity index (χ2n) is 8.40. The molecule has 1 saturated heterocycles. The maximum Gasteiger partial charge on any atom is 0.243 e. The van der Waals surface area contributed by atoms with E-state index in [0.717, 1.165) is 54.1 Å². The average Bonchev–Trinajstić information content (AvgIpc) is 3.20. The molecule has 0 bridgehead atoms. The number of nitrogens with zero attached hydrogens (tertiary/aromatic N) is 3. The summed E-state index contributed by atoms with van der Waals surface area (Å²) in [7, 11) is -3.59. The highest BCUT2D eigenvalue weighted by atomic mass is 32.2. The minimum atomic E-state index is -3.59. The van der Waals surface area contributed by atoms with Crippen molar-refractivity contribution in [1.82, 2.24) is 9.80 Å². The lowest BCUT2D eigenvalue weighted by Crippen LogP contribution is -2.51. The van der Waals surface area contributed by atoms with Crippen molar-refractivity contribution in [2.24, 2.45) is 0 Å². The zero-order valence-electron chi connectivity index (χ0n) is 18.7. The molecule has 4 rings (SSSR count). The van der Waals surface area contributed by atoms with E-state index in [9.17, 15) is 13.2 Å². The monoisotopic (exact) mass is 459 g/mol. The molecule has 0 saturated carbocycles. The van der Waals surface area contributed by atoms with Crippen molar-refractivity contribution >= 4 is 21.6 Å². The highest BCUT2D eigenvalue weighted by Gasteiger charge is 2.27. The molecule has 0 N–H and O–H groups in total. The van der Waals surface area contributed by atoms with E-state index in [2.05, 4.69) is 4.90 Å². The van der Waals surface area contributed by atoms with E-state index in [1.165, 1.54) is 4.31 Å². The van der Waals surface area contributed by atoms with Gasteiger partial charge in [-0.3, -0.25) is 14.0 Å². The van der Waals surface area contributed by atoms with Gasteiger partial charge in [-0.25, -0.2) is 8.42 Å². The molecule has 32 heavy (non-hydrogen) atoms. The van der Waals surface area contributed by atoms with Gasteiger partial charge in [0.25, 0.3) is 0 Å². The quantitative estimate of drug-likeness (QED) is 0.659. The van der Waals surface area contributed by atoms with Gasteiger partial charge in [-0.05, 0) is 43.2 Å². The summed E-state index contributed by atoms with van der Waals surface area (Å²) < 4.78 is 36.9. The third-order valence-corrected chi connectivity index (χ3v) is 6.99. The molecule has 2 aliphatic rings. The van der Waals surface area contributed by atoms with E-state index in [4.69, 9.17) is 9.47 Å². The second-order valence-corrected chi connectivity index (χ2v) is 10.3. The fraction of sp³-hybridized carbons (Fsp3) is 0.435. The van der Waals surface area contributed by atoms with E-state index < -0.39 is 10.0 Å². The topological polar surface area (TPSA) is 79.4 Å². The molecule has 0 spiro atoms. The van der Waals surface area contributed by atoms with Gasteiger partial charge in [0.1, 0.15) is 6.54 Å². The number of piperazine rings is 1.